The molecule has 4 rings (SSSR count). The molecule has 2 heteroatoms. The monoisotopic (exact) mass is 288 g/mol. The third-order valence-corrected chi connectivity index (χ3v) is 4.29. The molecule has 3 aromatic carbocycles. The lowest BCUT2D eigenvalue weighted by molar-refractivity contribution is 0.469. The van der Waals surface area contributed by atoms with E-state index < -0.39 is 0 Å². The molecule has 108 valence electrons. The fourth-order valence-corrected chi connectivity index (χ4v) is 3.27. The number of phenols is 2. The molecule has 0 heterocycles. The predicted octanol–water partition coefficient (Wildman–Crippen LogP) is 3.27. The summed E-state index contributed by atoms with van der Waals surface area (Å²) in [6.07, 6.45) is 6.29. The molecule has 2 nitrogen and oxygen atoms in total. The molecule has 0 bridgehead atoms. The van der Waals surface area contributed by atoms with Crippen molar-refractivity contribution in [1.29, 1.82) is 0 Å². The Morgan fingerprint density at radius 2 is 1.41 bits per heavy atom. The van der Waals surface area contributed by atoms with Crippen LogP contribution in [0.5, 0.6) is 11.5 Å². The van der Waals surface area contributed by atoms with Gasteiger partial charge in [0, 0.05) is 11.1 Å². The van der Waals surface area contributed by atoms with Gasteiger partial charge in [-0.05, 0) is 46.2 Å². The van der Waals surface area contributed by atoms with Gasteiger partial charge >= 0.3 is 0 Å². The molecule has 0 saturated carbocycles. The third kappa shape index (κ3) is 1.88. The van der Waals surface area contributed by atoms with Crippen molar-refractivity contribution in [1.82, 2.24) is 0 Å². The van der Waals surface area contributed by atoms with E-state index in [1.807, 2.05) is 36.4 Å². The topological polar surface area (TPSA) is 40.5 Å². The Bertz CT molecular complexity index is 1000. The first-order valence-electron chi connectivity index (χ1n) is 7.49. The van der Waals surface area contributed by atoms with Gasteiger partial charge in [-0.3, -0.25) is 0 Å². The lowest BCUT2D eigenvalue weighted by Gasteiger charge is -2.14. The van der Waals surface area contributed by atoms with Gasteiger partial charge in [0.05, 0.1) is 0 Å². The average molecular weight is 288 g/mol. The number of hydrogen-bond donors (Lipinski definition) is 2. The van der Waals surface area contributed by atoms with Crippen LogP contribution in [0, 0.1) is 0 Å². The van der Waals surface area contributed by atoms with Crippen molar-refractivity contribution in [2.45, 2.75) is 12.8 Å². The molecular formula is C20H16O2. The molecule has 0 saturated heterocycles. The highest BCUT2D eigenvalue weighted by Gasteiger charge is 2.15. The van der Waals surface area contributed by atoms with E-state index in [2.05, 4.69) is 12.2 Å². The first-order valence-corrected chi connectivity index (χ1v) is 7.49. The second-order valence-electron chi connectivity index (χ2n) is 5.63. The van der Waals surface area contributed by atoms with Crippen molar-refractivity contribution in [2.75, 3.05) is 0 Å². The van der Waals surface area contributed by atoms with Crippen molar-refractivity contribution >= 4 is 22.9 Å². The lowest BCUT2D eigenvalue weighted by Crippen LogP contribution is -2.28. The fraction of sp³-hybridized carbons (Fsp3) is 0.100. The Labute approximate surface area is 128 Å². The maximum Gasteiger partial charge on any atom is 0.124 e. The third-order valence-electron chi connectivity index (χ3n) is 4.29. The molecule has 0 aromatic heterocycles. The molecule has 1 aliphatic carbocycles. The molecule has 0 spiro atoms. The molecule has 0 radical (unpaired) electrons. The van der Waals surface area contributed by atoms with Gasteiger partial charge < -0.3 is 10.2 Å². The van der Waals surface area contributed by atoms with Crippen LogP contribution in [0.4, 0.5) is 0 Å². The first-order chi connectivity index (χ1) is 10.8. The van der Waals surface area contributed by atoms with Crippen LogP contribution in [-0.2, 0) is 0 Å². The van der Waals surface area contributed by atoms with Crippen molar-refractivity contribution < 1.29 is 10.2 Å². The van der Waals surface area contributed by atoms with Crippen LogP contribution in [-0.4, -0.2) is 10.2 Å². The van der Waals surface area contributed by atoms with Gasteiger partial charge in [0.25, 0.3) is 0 Å². The molecule has 0 atom stereocenters. The van der Waals surface area contributed by atoms with Gasteiger partial charge in [-0.15, -0.1) is 0 Å². The minimum Gasteiger partial charge on any atom is -0.507 e. The molecule has 0 unspecified atom stereocenters. The maximum absolute atomic E-state index is 10.5. The Morgan fingerprint density at radius 3 is 2.32 bits per heavy atom. The SMILES string of the molecule is Oc1ccc2c(c1-c1c(O)ccc3ccccc13)=CCCC=2. The van der Waals surface area contributed by atoms with Crippen molar-refractivity contribution in [3.63, 3.8) is 0 Å². The zero-order chi connectivity index (χ0) is 15.1. The summed E-state index contributed by atoms with van der Waals surface area (Å²) in [5.41, 5.74) is 1.43. The van der Waals surface area contributed by atoms with Crippen molar-refractivity contribution in [3.05, 3.63) is 59.0 Å². The Balaban J connectivity index is 2.21. The minimum absolute atomic E-state index is 0.196. The number of rotatable bonds is 1. The van der Waals surface area contributed by atoms with Crippen LogP contribution >= 0.6 is 0 Å². The molecule has 1 aliphatic rings. The van der Waals surface area contributed by atoms with E-state index in [-0.39, 0.29) is 11.5 Å². The second-order valence-corrected chi connectivity index (χ2v) is 5.63. The Kier molecular flexibility index (Phi) is 2.90. The number of fused-ring (bicyclic) bond motifs is 2. The van der Waals surface area contributed by atoms with E-state index in [9.17, 15) is 10.2 Å². The standard InChI is InChI=1S/C20H16O2/c21-17-11-9-13-5-1-3-7-15(13)19(17)20-16-8-4-2-6-14(16)10-12-18(20)22/h1,3,5-12,21-22H,2,4H2. The quantitative estimate of drug-likeness (QED) is 0.721. The van der Waals surface area contributed by atoms with Gasteiger partial charge in [-0.2, -0.15) is 0 Å². The van der Waals surface area contributed by atoms with Crippen LogP contribution in [0.25, 0.3) is 34.1 Å². The lowest BCUT2D eigenvalue weighted by atomic mass is 9.92. The minimum atomic E-state index is 0.196. The summed E-state index contributed by atoms with van der Waals surface area (Å²) >= 11 is 0. The van der Waals surface area contributed by atoms with Gasteiger partial charge in [0.15, 0.2) is 0 Å². The van der Waals surface area contributed by atoms with Gasteiger partial charge in [-0.1, -0.05) is 48.6 Å². The summed E-state index contributed by atoms with van der Waals surface area (Å²) in [4.78, 5) is 0. The normalized spacial score (nSPS) is 13.3. The molecule has 0 aliphatic heterocycles. The zero-order valence-corrected chi connectivity index (χ0v) is 12.1. The van der Waals surface area contributed by atoms with Crippen LogP contribution in [0.15, 0.2) is 48.5 Å². The fourth-order valence-electron chi connectivity index (χ4n) is 3.27. The Morgan fingerprint density at radius 1 is 0.682 bits per heavy atom. The maximum atomic E-state index is 10.5. The van der Waals surface area contributed by atoms with E-state index in [0.717, 1.165) is 39.6 Å². The van der Waals surface area contributed by atoms with Crippen LogP contribution in [0.1, 0.15) is 12.8 Å². The summed E-state index contributed by atoms with van der Waals surface area (Å²) in [6.45, 7) is 0. The summed E-state index contributed by atoms with van der Waals surface area (Å²) in [5.74, 6) is 0.401. The highest BCUT2D eigenvalue weighted by Crippen LogP contribution is 2.38. The van der Waals surface area contributed by atoms with E-state index >= 15 is 0 Å². The largest absolute Gasteiger partial charge is 0.507 e. The molecular weight excluding hydrogens is 272 g/mol. The highest BCUT2D eigenvalue weighted by molar-refractivity contribution is 6.01. The summed E-state index contributed by atoms with van der Waals surface area (Å²) in [6, 6.07) is 15.2. The van der Waals surface area contributed by atoms with Gasteiger partial charge in [-0.25, -0.2) is 0 Å². The van der Waals surface area contributed by atoms with Gasteiger partial charge in [0.1, 0.15) is 11.5 Å². The Hall–Kier alpha value is -2.74. The smallest absolute Gasteiger partial charge is 0.124 e. The number of phenolic OH excluding ortho intramolecular Hbond substituents is 2. The van der Waals surface area contributed by atoms with Crippen LogP contribution in [0.3, 0.4) is 0 Å². The van der Waals surface area contributed by atoms with Crippen LogP contribution in [0.2, 0.25) is 0 Å². The number of benzene rings is 3. The van der Waals surface area contributed by atoms with Crippen molar-refractivity contribution in [2.24, 2.45) is 0 Å². The summed E-state index contributed by atoms with van der Waals surface area (Å²) in [7, 11) is 0. The van der Waals surface area contributed by atoms with E-state index in [1.54, 1.807) is 12.1 Å². The highest BCUT2D eigenvalue weighted by atomic mass is 16.3. The molecule has 3 aromatic rings. The van der Waals surface area contributed by atoms with Gasteiger partial charge in [0.2, 0.25) is 0 Å². The second kappa shape index (κ2) is 4.92. The molecule has 22 heavy (non-hydrogen) atoms. The molecule has 2 N–H and O–H groups in total. The summed E-state index contributed by atoms with van der Waals surface area (Å²) < 4.78 is 0. The predicted molar refractivity (Wildman–Crippen MR) is 90.1 cm³/mol. The molecule has 0 fully saturated rings. The zero-order valence-electron chi connectivity index (χ0n) is 12.1. The van der Waals surface area contributed by atoms with E-state index in [1.165, 1.54) is 0 Å². The number of aromatic hydroxyl groups is 2. The van der Waals surface area contributed by atoms with Crippen LogP contribution < -0.4 is 10.4 Å². The van der Waals surface area contributed by atoms with Crippen molar-refractivity contribution in [3.8, 4) is 22.6 Å². The summed E-state index contributed by atoms with van der Waals surface area (Å²) in [5, 5.41) is 25.0. The first kappa shape index (κ1) is 13.0. The molecule has 0 amide bonds. The van der Waals surface area contributed by atoms with E-state index in [4.69, 9.17) is 0 Å². The average Bonchev–Trinajstić information content (AvgIpc) is 2.56. The number of hydrogen-bond acceptors (Lipinski definition) is 2. The van der Waals surface area contributed by atoms with E-state index in [0.29, 0.717) is 5.56 Å².